The summed E-state index contributed by atoms with van der Waals surface area (Å²) in [6, 6.07) is 15.5. The lowest BCUT2D eigenvalue weighted by Gasteiger charge is -2.08. The number of hydrazone groups is 1. The number of nitrogens with one attached hydrogen (secondary N) is 1. The Morgan fingerprint density at radius 2 is 1.73 bits per heavy atom. The van der Waals surface area contributed by atoms with Gasteiger partial charge < -0.3 is 0 Å². The first-order valence-electron chi connectivity index (χ1n) is 7.48. The van der Waals surface area contributed by atoms with Gasteiger partial charge in [-0.05, 0) is 34.5 Å². The zero-order valence-corrected chi connectivity index (χ0v) is 13.2. The lowest BCUT2D eigenvalue weighted by atomic mass is 10.1. The molecule has 3 rings (SSSR count). The second kappa shape index (κ2) is 6.83. The molecule has 5 nitrogen and oxygen atoms in total. The highest BCUT2D eigenvalue weighted by atomic mass is 19.4. The summed E-state index contributed by atoms with van der Waals surface area (Å²) in [7, 11) is 0. The second-order valence-electron chi connectivity index (χ2n) is 5.46. The summed E-state index contributed by atoms with van der Waals surface area (Å²) >= 11 is 0. The Morgan fingerprint density at radius 3 is 2.42 bits per heavy atom. The van der Waals surface area contributed by atoms with Gasteiger partial charge in [0.1, 0.15) is 5.69 Å². The highest BCUT2D eigenvalue weighted by Crippen LogP contribution is 2.34. The monoisotopic (exact) mass is 359 g/mol. The molecule has 3 aromatic rings. The molecule has 0 bridgehead atoms. The summed E-state index contributed by atoms with van der Waals surface area (Å²) in [4.78, 5) is 10.1. The van der Waals surface area contributed by atoms with Gasteiger partial charge in [0.2, 0.25) is 0 Å². The van der Waals surface area contributed by atoms with Gasteiger partial charge in [-0.3, -0.25) is 15.5 Å². The molecule has 0 radical (unpaired) electrons. The minimum absolute atomic E-state index is 0.125. The third-order valence-electron chi connectivity index (χ3n) is 3.69. The van der Waals surface area contributed by atoms with Crippen molar-refractivity contribution >= 4 is 28.4 Å². The SMILES string of the molecule is O=[N+]([O-])c1cc(C(F)(F)F)ccc1N/N=C/c1ccc2ccccc2c1. The fourth-order valence-electron chi connectivity index (χ4n) is 2.42. The van der Waals surface area contributed by atoms with Crippen LogP contribution in [0.1, 0.15) is 11.1 Å². The molecule has 0 heterocycles. The van der Waals surface area contributed by atoms with Crippen molar-refractivity contribution in [3.63, 3.8) is 0 Å². The predicted molar refractivity (Wildman–Crippen MR) is 93.3 cm³/mol. The molecule has 0 aliphatic rings. The van der Waals surface area contributed by atoms with E-state index in [1.807, 2.05) is 42.5 Å². The van der Waals surface area contributed by atoms with Crippen LogP contribution in [-0.4, -0.2) is 11.1 Å². The smallest absolute Gasteiger partial charge is 0.272 e. The van der Waals surface area contributed by atoms with Crippen LogP contribution in [0, 0.1) is 10.1 Å². The van der Waals surface area contributed by atoms with Crippen LogP contribution in [0.25, 0.3) is 10.8 Å². The highest BCUT2D eigenvalue weighted by Gasteiger charge is 2.33. The molecule has 0 fully saturated rings. The summed E-state index contributed by atoms with van der Waals surface area (Å²) in [5, 5.41) is 17.0. The molecule has 26 heavy (non-hydrogen) atoms. The second-order valence-corrected chi connectivity index (χ2v) is 5.46. The Bertz CT molecular complexity index is 1000. The number of hydrogen-bond donors (Lipinski definition) is 1. The minimum atomic E-state index is -4.66. The molecule has 1 N–H and O–H groups in total. The number of nitrogens with zero attached hydrogens (tertiary/aromatic N) is 2. The molecule has 0 saturated carbocycles. The van der Waals surface area contributed by atoms with Gasteiger partial charge >= 0.3 is 6.18 Å². The topological polar surface area (TPSA) is 67.5 Å². The van der Waals surface area contributed by atoms with Crippen molar-refractivity contribution in [2.24, 2.45) is 5.10 Å². The van der Waals surface area contributed by atoms with Crippen LogP contribution in [0.5, 0.6) is 0 Å². The number of anilines is 1. The highest BCUT2D eigenvalue weighted by molar-refractivity contribution is 5.90. The number of hydrogen-bond acceptors (Lipinski definition) is 4. The van der Waals surface area contributed by atoms with Crippen molar-refractivity contribution in [1.82, 2.24) is 0 Å². The van der Waals surface area contributed by atoms with Crippen LogP contribution < -0.4 is 5.43 Å². The van der Waals surface area contributed by atoms with E-state index in [0.29, 0.717) is 6.07 Å². The zero-order valence-electron chi connectivity index (χ0n) is 13.2. The lowest BCUT2D eigenvalue weighted by Crippen LogP contribution is -2.06. The molecule has 0 amide bonds. The molecule has 8 heteroatoms. The van der Waals surface area contributed by atoms with Crippen molar-refractivity contribution in [3.8, 4) is 0 Å². The van der Waals surface area contributed by atoms with Gasteiger partial charge in [0, 0.05) is 6.07 Å². The van der Waals surface area contributed by atoms with E-state index in [2.05, 4.69) is 10.5 Å². The molecule has 0 unspecified atom stereocenters. The van der Waals surface area contributed by atoms with E-state index >= 15 is 0 Å². The lowest BCUT2D eigenvalue weighted by molar-refractivity contribution is -0.384. The van der Waals surface area contributed by atoms with E-state index in [0.717, 1.165) is 28.5 Å². The van der Waals surface area contributed by atoms with Crippen LogP contribution in [-0.2, 0) is 6.18 Å². The Hall–Kier alpha value is -3.42. The summed E-state index contributed by atoms with van der Waals surface area (Å²) < 4.78 is 38.1. The van der Waals surface area contributed by atoms with Crippen LogP contribution in [0.4, 0.5) is 24.5 Å². The van der Waals surface area contributed by atoms with Crippen LogP contribution >= 0.6 is 0 Å². The van der Waals surface area contributed by atoms with Crippen LogP contribution in [0.15, 0.2) is 65.8 Å². The molecule has 0 aliphatic heterocycles. The fourth-order valence-corrected chi connectivity index (χ4v) is 2.42. The Kier molecular flexibility index (Phi) is 4.57. The van der Waals surface area contributed by atoms with Gasteiger partial charge in [0.25, 0.3) is 5.69 Å². The van der Waals surface area contributed by atoms with Crippen molar-refractivity contribution in [2.75, 3.05) is 5.43 Å². The molecule has 132 valence electrons. The van der Waals surface area contributed by atoms with E-state index in [-0.39, 0.29) is 5.69 Å². The van der Waals surface area contributed by atoms with Crippen molar-refractivity contribution < 1.29 is 18.1 Å². The number of nitro groups is 1. The van der Waals surface area contributed by atoms with Crippen LogP contribution in [0.2, 0.25) is 0 Å². The number of benzene rings is 3. The summed E-state index contributed by atoms with van der Waals surface area (Å²) in [6.07, 6.45) is -3.22. The first-order chi connectivity index (χ1) is 12.3. The van der Waals surface area contributed by atoms with E-state index in [1.54, 1.807) is 0 Å². The van der Waals surface area contributed by atoms with Gasteiger partial charge in [-0.25, -0.2) is 0 Å². The van der Waals surface area contributed by atoms with Gasteiger partial charge in [-0.1, -0.05) is 36.4 Å². The Labute approximate surface area is 145 Å². The maximum Gasteiger partial charge on any atom is 0.416 e. The van der Waals surface area contributed by atoms with E-state index in [4.69, 9.17) is 0 Å². The standard InChI is InChI=1S/C18H12F3N3O2/c19-18(20,21)15-7-8-16(17(10-15)24(25)26)23-22-11-12-5-6-13-3-1-2-4-14(13)9-12/h1-11,23H/b22-11+. The maximum atomic E-state index is 12.7. The third kappa shape index (κ3) is 3.80. The largest absolute Gasteiger partial charge is 0.416 e. The van der Waals surface area contributed by atoms with Gasteiger partial charge in [0.05, 0.1) is 16.7 Å². The van der Waals surface area contributed by atoms with Gasteiger partial charge in [-0.15, -0.1) is 0 Å². The molecule has 0 aromatic heterocycles. The molecule has 0 saturated heterocycles. The number of fused-ring (bicyclic) bond motifs is 1. The summed E-state index contributed by atoms with van der Waals surface area (Å²) in [6.45, 7) is 0. The van der Waals surface area contributed by atoms with Gasteiger partial charge in [0.15, 0.2) is 0 Å². The van der Waals surface area contributed by atoms with E-state index in [9.17, 15) is 23.3 Å². The fraction of sp³-hybridized carbons (Fsp3) is 0.0556. The van der Waals surface area contributed by atoms with Crippen LogP contribution in [0.3, 0.4) is 0 Å². The average Bonchev–Trinajstić information content (AvgIpc) is 2.60. The molecule has 0 spiro atoms. The molecule has 3 aromatic carbocycles. The van der Waals surface area contributed by atoms with Gasteiger partial charge in [-0.2, -0.15) is 18.3 Å². The molecule has 0 aliphatic carbocycles. The van der Waals surface area contributed by atoms with E-state index < -0.39 is 22.4 Å². The quantitative estimate of drug-likeness (QED) is 0.395. The normalized spacial score (nSPS) is 11.8. The van der Waals surface area contributed by atoms with Crippen molar-refractivity contribution in [3.05, 3.63) is 81.9 Å². The molecular weight excluding hydrogens is 347 g/mol. The predicted octanol–water partition coefficient (Wildman–Crippen LogP) is 5.21. The summed E-state index contributed by atoms with van der Waals surface area (Å²) in [5.74, 6) is 0. The van der Waals surface area contributed by atoms with E-state index in [1.165, 1.54) is 6.21 Å². The molecular formula is C18H12F3N3O2. The number of rotatable bonds is 4. The Balaban J connectivity index is 1.83. The molecule has 0 atom stereocenters. The third-order valence-corrected chi connectivity index (χ3v) is 3.69. The first kappa shape index (κ1) is 17.4. The number of alkyl halides is 3. The van der Waals surface area contributed by atoms with Crippen molar-refractivity contribution in [1.29, 1.82) is 0 Å². The average molecular weight is 359 g/mol. The number of halogens is 3. The maximum absolute atomic E-state index is 12.7. The first-order valence-corrected chi connectivity index (χ1v) is 7.48. The van der Waals surface area contributed by atoms with Crippen molar-refractivity contribution in [2.45, 2.75) is 6.18 Å². The summed E-state index contributed by atoms with van der Waals surface area (Å²) in [5.41, 5.74) is 1.26. The zero-order chi connectivity index (χ0) is 18.7. The number of nitro benzene ring substituents is 1. The Morgan fingerprint density at radius 1 is 1.00 bits per heavy atom. The minimum Gasteiger partial charge on any atom is -0.272 e.